The third-order valence-electron chi connectivity index (χ3n) is 7.20. The fraction of sp³-hybridized carbons (Fsp3) is 0.171. The van der Waals surface area contributed by atoms with Crippen molar-refractivity contribution < 1.29 is 28.9 Å². The van der Waals surface area contributed by atoms with Crippen LogP contribution >= 0.6 is 0 Å². The van der Waals surface area contributed by atoms with Gasteiger partial charge in [0, 0.05) is 58.6 Å². The van der Waals surface area contributed by atoms with Crippen molar-refractivity contribution in [3.63, 3.8) is 0 Å². The SMILES string of the molecule is CC(C)(c1[c-]cccc1)c1cccc(C(C)(C)c2[c-]cccc2)n1.Fc1cc(F)c(-n2cccn2)[c-]c1-n1cccn1.[Ir+3]. The molecular weight excluding hydrogens is 721 g/mol. The molecule has 3 heterocycles. The van der Waals surface area contributed by atoms with Crippen molar-refractivity contribution in [2.45, 2.75) is 38.5 Å². The second-order valence-electron chi connectivity index (χ2n) is 10.8. The van der Waals surface area contributed by atoms with Gasteiger partial charge in [-0.1, -0.05) is 39.8 Å². The molecule has 0 bridgehead atoms. The molecule has 6 aromatic rings. The maximum absolute atomic E-state index is 13.7. The molecule has 0 spiro atoms. The number of halogens is 2. The van der Waals surface area contributed by atoms with Crippen molar-refractivity contribution in [3.8, 4) is 11.4 Å². The van der Waals surface area contributed by atoms with E-state index in [1.54, 1.807) is 24.5 Å². The zero-order valence-electron chi connectivity index (χ0n) is 24.2. The van der Waals surface area contributed by atoms with Gasteiger partial charge in [-0.15, -0.1) is 6.07 Å². The van der Waals surface area contributed by atoms with Gasteiger partial charge in [0.25, 0.3) is 0 Å². The first-order valence-electron chi connectivity index (χ1n) is 13.5. The summed E-state index contributed by atoms with van der Waals surface area (Å²) in [5, 5.41) is 7.79. The average Bonchev–Trinajstić information content (AvgIpc) is 3.74. The van der Waals surface area contributed by atoms with E-state index in [0.29, 0.717) is 0 Å². The summed E-state index contributed by atoms with van der Waals surface area (Å²) in [4.78, 5) is 5.03. The topological polar surface area (TPSA) is 48.5 Å². The van der Waals surface area contributed by atoms with Crippen LogP contribution in [-0.2, 0) is 30.9 Å². The Labute approximate surface area is 264 Å². The molecule has 3 aromatic carbocycles. The normalized spacial score (nSPS) is 11.3. The van der Waals surface area contributed by atoms with Gasteiger partial charge >= 0.3 is 20.1 Å². The smallest absolute Gasteiger partial charge is 0.282 e. The summed E-state index contributed by atoms with van der Waals surface area (Å²) in [7, 11) is 0. The first kappa shape index (κ1) is 31.7. The van der Waals surface area contributed by atoms with Crippen molar-refractivity contribution in [2.75, 3.05) is 0 Å². The number of aromatic nitrogens is 5. The minimum atomic E-state index is -0.730. The van der Waals surface area contributed by atoms with Gasteiger partial charge in [-0.3, -0.25) is 23.1 Å². The molecule has 0 amide bonds. The van der Waals surface area contributed by atoms with Gasteiger partial charge in [-0.2, -0.15) is 82.0 Å². The molecule has 0 aliphatic rings. The monoisotopic (exact) mass is 751 g/mol. The molecule has 0 fully saturated rings. The van der Waals surface area contributed by atoms with Crippen molar-refractivity contribution in [1.82, 2.24) is 24.5 Å². The predicted octanol–water partition coefficient (Wildman–Crippen LogP) is 7.47. The molecule has 0 N–H and O–H groups in total. The molecule has 6 rings (SSSR count). The summed E-state index contributed by atoms with van der Waals surface area (Å²) in [5.74, 6) is -1.46. The fourth-order valence-electron chi connectivity index (χ4n) is 4.59. The molecule has 218 valence electrons. The number of rotatable bonds is 6. The van der Waals surface area contributed by atoms with E-state index >= 15 is 0 Å². The third-order valence-corrected chi connectivity index (χ3v) is 7.20. The van der Waals surface area contributed by atoms with Gasteiger partial charge in [0.05, 0.1) is 0 Å². The van der Waals surface area contributed by atoms with Crippen LogP contribution in [0.1, 0.15) is 50.2 Å². The standard InChI is InChI=1S/C23H23N.C12H7F2N4.Ir/c1-22(2,18-12-7-5-8-13-18)20-16-11-17-21(24-20)23(3,4)19-14-9-6-10-15-19;13-9-7-10(14)12(18-6-2-4-16-18)8-11(9)17-5-1-3-15-17;/h5-12,14,16-17H,1-4H3;1-7H;/q-2;-1;+3. The summed E-state index contributed by atoms with van der Waals surface area (Å²) in [6.07, 6.45) is 6.12. The minimum absolute atomic E-state index is 0. The van der Waals surface area contributed by atoms with E-state index in [9.17, 15) is 8.78 Å². The molecule has 0 radical (unpaired) electrons. The Bertz CT molecular complexity index is 1610. The molecule has 3 aromatic heterocycles. The number of pyridine rings is 1. The number of nitrogens with zero attached hydrogens (tertiary/aromatic N) is 5. The van der Waals surface area contributed by atoms with Crippen LogP contribution in [0, 0.1) is 29.8 Å². The number of hydrogen-bond donors (Lipinski definition) is 0. The van der Waals surface area contributed by atoms with Gasteiger partial charge in [0.2, 0.25) is 0 Å². The zero-order valence-corrected chi connectivity index (χ0v) is 26.6. The van der Waals surface area contributed by atoms with E-state index < -0.39 is 11.6 Å². The van der Waals surface area contributed by atoms with Crippen LogP contribution in [0.4, 0.5) is 8.78 Å². The molecule has 0 aliphatic carbocycles. The van der Waals surface area contributed by atoms with Gasteiger partial charge in [-0.05, 0) is 35.6 Å². The van der Waals surface area contributed by atoms with Crippen molar-refractivity contribution in [2.24, 2.45) is 0 Å². The van der Waals surface area contributed by atoms with Crippen LogP contribution in [0.15, 0.2) is 110 Å². The first-order chi connectivity index (χ1) is 20.2. The molecule has 5 nitrogen and oxygen atoms in total. The average molecular weight is 751 g/mol. The molecule has 0 saturated carbocycles. The molecule has 0 unspecified atom stereocenters. The summed E-state index contributed by atoms with van der Waals surface area (Å²) in [6, 6.07) is 36.0. The Hall–Kier alpha value is -4.26. The molecule has 43 heavy (non-hydrogen) atoms. The van der Waals surface area contributed by atoms with Gasteiger partial charge in [0.15, 0.2) is 0 Å². The maximum atomic E-state index is 13.7. The molecule has 0 atom stereocenters. The van der Waals surface area contributed by atoms with Crippen molar-refractivity contribution in [3.05, 3.63) is 162 Å². The molecule has 0 saturated heterocycles. The van der Waals surface area contributed by atoms with Crippen LogP contribution in [-0.4, -0.2) is 24.5 Å². The zero-order chi connectivity index (χ0) is 29.7. The van der Waals surface area contributed by atoms with Gasteiger partial charge in [0.1, 0.15) is 0 Å². The molecular formula is C35H30F2IrN5. The van der Waals surface area contributed by atoms with Crippen LogP contribution in [0.2, 0.25) is 0 Å². The Morgan fingerprint density at radius 2 is 1.09 bits per heavy atom. The quantitative estimate of drug-likeness (QED) is 0.166. The number of hydrogen-bond acceptors (Lipinski definition) is 3. The minimum Gasteiger partial charge on any atom is -0.282 e. The van der Waals surface area contributed by atoms with Crippen molar-refractivity contribution >= 4 is 0 Å². The largest absolute Gasteiger partial charge is 3.00 e. The summed E-state index contributed by atoms with van der Waals surface area (Å²) in [6.45, 7) is 8.80. The number of benzene rings is 3. The van der Waals surface area contributed by atoms with E-state index in [2.05, 4.69) is 98.6 Å². The summed E-state index contributed by atoms with van der Waals surface area (Å²) >= 11 is 0. The second kappa shape index (κ2) is 13.4. The third kappa shape index (κ3) is 6.87. The van der Waals surface area contributed by atoms with Crippen LogP contribution in [0.25, 0.3) is 11.4 Å². The predicted molar refractivity (Wildman–Crippen MR) is 158 cm³/mol. The Morgan fingerprint density at radius 1 is 0.628 bits per heavy atom. The van der Waals surface area contributed by atoms with Crippen LogP contribution < -0.4 is 0 Å². The maximum Gasteiger partial charge on any atom is 3.00 e. The van der Waals surface area contributed by atoms with Gasteiger partial charge < -0.3 is 0 Å². The van der Waals surface area contributed by atoms with E-state index in [4.69, 9.17) is 4.98 Å². The van der Waals surface area contributed by atoms with E-state index in [1.165, 1.54) is 21.8 Å². The van der Waals surface area contributed by atoms with Crippen LogP contribution in [0.5, 0.6) is 0 Å². The van der Waals surface area contributed by atoms with E-state index in [0.717, 1.165) is 28.6 Å². The summed E-state index contributed by atoms with van der Waals surface area (Å²) < 4.78 is 29.9. The first-order valence-corrected chi connectivity index (χ1v) is 13.5. The van der Waals surface area contributed by atoms with Crippen LogP contribution in [0.3, 0.4) is 0 Å². The van der Waals surface area contributed by atoms with Gasteiger partial charge in [-0.25, -0.2) is 0 Å². The van der Waals surface area contributed by atoms with E-state index in [-0.39, 0.29) is 42.3 Å². The molecule has 0 aliphatic heterocycles. The fourth-order valence-corrected chi connectivity index (χ4v) is 4.59. The van der Waals surface area contributed by atoms with E-state index in [1.807, 2.05) is 24.3 Å². The Balaban J connectivity index is 0.000000199. The van der Waals surface area contributed by atoms with Crippen molar-refractivity contribution in [1.29, 1.82) is 0 Å². The second-order valence-corrected chi connectivity index (χ2v) is 10.8. The Kier molecular flexibility index (Phi) is 9.84. The Morgan fingerprint density at radius 3 is 1.47 bits per heavy atom. The summed E-state index contributed by atoms with van der Waals surface area (Å²) in [5.41, 5.74) is 4.15. The molecule has 8 heteroatoms.